The predicted molar refractivity (Wildman–Crippen MR) is 52.0 cm³/mol. The number of hydrogen-bond donors (Lipinski definition) is 1. The van der Waals surface area contributed by atoms with Crippen LogP contribution < -0.4 is 0 Å². The molecule has 0 aliphatic heterocycles. The summed E-state index contributed by atoms with van der Waals surface area (Å²) in [5.74, 6) is 0.690. The van der Waals surface area contributed by atoms with Crippen molar-refractivity contribution >= 4 is 0 Å². The fraction of sp³-hybridized carbons (Fsp3) is 1.00. The van der Waals surface area contributed by atoms with E-state index >= 15 is 0 Å². The Morgan fingerprint density at radius 3 is 2.33 bits per heavy atom. The highest BCUT2D eigenvalue weighted by Gasteiger charge is 2.43. The van der Waals surface area contributed by atoms with Gasteiger partial charge in [-0.25, -0.2) is 0 Å². The van der Waals surface area contributed by atoms with E-state index in [0.717, 1.165) is 0 Å². The molecule has 72 valence electrons. The molecule has 1 fully saturated rings. The summed E-state index contributed by atoms with van der Waals surface area (Å²) in [6.45, 7) is 9.45. The van der Waals surface area contributed by atoms with Crippen LogP contribution in [0.15, 0.2) is 0 Å². The van der Waals surface area contributed by atoms with Gasteiger partial charge in [0.25, 0.3) is 0 Å². The van der Waals surface area contributed by atoms with Gasteiger partial charge in [0.1, 0.15) is 0 Å². The Morgan fingerprint density at radius 1 is 1.42 bits per heavy atom. The quantitative estimate of drug-likeness (QED) is 0.641. The van der Waals surface area contributed by atoms with Crippen LogP contribution in [0.3, 0.4) is 0 Å². The molecule has 0 aromatic rings. The molecule has 0 unspecified atom stereocenters. The summed E-state index contributed by atoms with van der Waals surface area (Å²) in [7, 11) is 0. The predicted octanol–water partition coefficient (Wildman–Crippen LogP) is 2.83. The number of rotatable bonds is 1. The van der Waals surface area contributed by atoms with E-state index in [4.69, 9.17) is 0 Å². The van der Waals surface area contributed by atoms with E-state index in [1.54, 1.807) is 0 Å². The molecule has 0 spiro atoms. The van der Waals surface area contributed by atoms with Crippen molar-refractivity contribution in [1.82, 2.24) is 0 Å². The SMILES string of the molecule is CC(C)(C)[C@H]1CCC[C@]1(C)CO. The standard InChI is InChI=1S/C11H22O/c1-10(2,3)9-6-5-7-11(9,4)8-12/h9,12H,5-8H2,1-4H3/t9-,11-/m1/s1. The number of aliphatic hydroxyl groups excluding tert-OH is 1. The molecule has 0 bridgehead atoms. The summed E-state index contributed by atoms with van der Waals surface area (Å²) < 4.78 is 0. The van der Waals surface area contributed by atoms with Crippen LogP contribution >= 0.6 is 0 Å². The second-order valence-corrected chi connectivity index (χ2v) is 5.62. The fourth-order valence-corrected chi connectivity index (χ4v) is 2.90. The van der Waals surface area contributed by atoms with E-state index < -0.39 is 0 Å². The van der Waals surface area contributed by atoms with Gasteiger partial charge in [-0.3, -0.25) is 0 Å². The molecule has 0 saturated heterocycles. The first-order valence-electron chi connectivity index (χ1n) is 5.01. The highest BCUT2D eigenvalue weighted by molar-refractivity contribution is 4.93. The van der Waals surface area contributed by atoms with Crippen molar-refractivity contribution in [2.75, 3.05) is 6.61 Å². The van der Waals surface area contributed by atoms with Crippen molar-refractivity contribution in [3.63, 3.8) is 0 Å². The topological polar surface area (TPSA) is 20.2 Å². The molecule has 0 heterocycles. The molecule has 1 N–H and O–H groups in total. The zero-order valence-corrected chi connectivity index (χ0v) is 8.85. The van der Waals surface area contributed by atoms with Crippen LogP contribution in [0, 0.1) is 16.7 Å². The maximum atomic E-state index is 9.36. The molecule has 1 rings (SSSR count). The molecule has 1 saturated carbocycles. The van der Waals surface area contributed by atoms with Gasteiger partial charge in [0, 0.05) is 6.61 Å². The first-order chi connectivity index (χ1) is 5.40. The summed E-state index contributed by atoms with van der Waals surface area (Å²) >= 11 is 0. The highest BCUT2D eigenvalue weighted by Crippen LogP contribution is 2.51. The smallest absolute Gasteiger partial charge is 0.0487 e. The minimum Gasteiger partial charge on any atom is -0.396 e. The van der Waals surface area contributed by atoms with Gasteiger partial charge < -0.3 is 5.11 Å². The van der Waals surface area contributed by atoms with Gasteiger partial charge in [0.2, 0.25) is 0 Å². The lowest BCUT2D eigenvalue weighted by atomic mass is 9.67. The molecule has 1 aliphatic carbocycles. The van der Waals surface area contributed by atoms with E-state index in [0.29, 0.717) is 17.9 Å². The van der Waals surface area contributed by atoms with Crippen LogP contribution in [0.1, 0.15) is 47.0 Å². The highest BCUT2D eigenvalue weighted by atomic mass is 16.3. The maximum absolute atomic E-state index is 9.36. The summed E-state index contributed by atoms with van der Waals surface area (Å²) in [6, 6.07) is 0. The van der Waals surface area contributed by atoms with Crippen molar-refractivity contribution in [3.05, 3.63) is 0 Å². The van der Waals surface area contributed by atoms with Crippen LogP contribution in [0.4, 0.5) is 0 Å². The second kappa shape index (κ2) is 3.02. The Kier molecular flexibility index (Phi) is 2.53. The molecule has 1 nitrogen and oxygen atoms in total. The number of hydrogen-bond acceptors (Lipinski definition) is 1. The van der Waals surface area contributed by atoms with Crippen molar-refractivity contribution in [3.8, 4) is 0 Å². The fourth-order valence-electron chi connectivity index (χ4n) is 2.90. The van der Waals surface area contributed by atoms with Gasteiger partial charge in [-0.15, -0.1) is 0 Å². The minimum atomic E-state index is 0.193. The molecule has 0 aromatic heterocycles. The van der Waals surface area contributed by atoms with E-state index in [-0.39, 0.29) is 5.41 Å². The molecule has 2 atom stereocenters. The Balaban J connectivity index is 2.77. The second-order valence-electron chi connectivity index (χ2n) is 5.62. The van der Waals surface area contributed by atoms with E-state index in [9.17, 15) is 5.11 Å². The monoisotopic (exact) mass is 170 g/mol. The molecule has 12 heavy (non-hydrogen) atoms. The van der Waals surface area contributed by atoms with Crippen molar-refractivity contribution in [2.24, 2.45) is 16.7 Å². The number of aliphatic hydroxyl groups is 1. The zero-order valence-electron chi connectivity index (χ0n) is 8.85. The molecule has 0 amide bonds. The molecular weight excluding hydrogens is 148 g/mol. The van der Waals surface area contributed by atoms with Crippen LogP contribution in [0.5, 0.6) is 0 Å². The van der Waals surface area contributed by atoms with Gasteiger partial charge >= 0.3 is 0 Å². The van der Waals surface area contributed by atoms with Crippen molar-refractivity contribution < 1.29 is 5.11 Å². The largest absolute Gasteiger partial charge is 0.396 e. The van der Waals surface area contributed by atoms with Gasteiger partial charge in [-0.1, -0.05) is 34.1 Å². The maximum Gasteiger partial charge on any atom is 0.0487 e. The van der Waals surface area contributed by atoms with Crippen molar-refractivity contribution in [1.29, 1.82) is 0 Å². The Bertz CT molecular complexity index is 157. The van der Waals surface area contributed by atoms with Crippen molar-refractivity contribution in [2.45, 2.75) is 47.0 Å². The minimum absolute atomic E-state index is 0.193. The van der Waals surface area contributed by atoms with Crippen LogP contribution in [-0.2, 0) is 0 Å². The molecule has 0 radical (unpaired) electrons. The molecule has 0 aromatic carbocycles. The van der Waals surface area contributed by atoms with Crippen LogP contribution in [0.2, 0.25) is 0 Å². The third kappa shape index (κ3) is 1.66. The van der Waals surface area contributed by atoms with Gasteiger partial charge in [-0.05, 0) is 29.6 Å². The van der Waals surface area contributed by atoms with E-state index in [1.165, 1.54) is 19.3 Å². The van der Waals surface area contributed by atoms with Crippen LogP contribution in [-0.4, -0.2) is 11.7 Å². The summed E-state index contributed by atoms with van der Waals surface area (Å²) in [4.78, 5) is 0. The normalized spacial score (nSPS) is 37.2. The lowest BCUT2D eigenvalue weighted by Crippen LogP contribution is -2.34. The molecule has 1 heteroatoms. The zero-order chi connectivity index (χ0) is 9.41. The summed E-state index contributed by atoms with van der Waals surface area (Å²) in [5, 5.41) is 9.36. The van der Waals surface area contributed by atoms with E-state index in [1.807, 2.05) is 0 Å². The van der Waals surface area contributed by atoms with Gasteiger partial charge in [0.15, 0.2) is 0 Å². The molecule has 1 aliphatic rings. The van der Waals surface area contributed by atoms with Gasteiger partial charge in [-0.2, -0.15) is 0 Å². The van der Waals surface area contributed by atoms with Crippen LogP contribution in [0.25, 0.3) is 0 Å². The Labute approximate surface area is 76.2 Å². The van der Waals surface area contributed by atoms with Gasteiger partial charge in [0.05, 0.1) is 0 Å². The van der Waals surface area contributed by atoms with E-state index in [2.05, 4.69) is 27.7 Å². The Morgan fingerprint density at radius 2 is 2.00 bits per heavy atom. The lowest BCUT2D eigenvalue weighted by Gasteiger charge is -2.39. The average Bonchev–Trinajstić information content (AvgIpc) is 2.31. The first kappa shape index (κ1) is 10.0. The average molecular weight is 170 g/mol. The molecular formula is C11H22O. The Hall–Kier alpha value is -0.0400. The first-order valence-corrected chi connectivity index (χ1v) is 5.01. The lowest BCUT2D eigenvalue weighted by molar-refractivity contribution is 0.0419. The third-order valence-electron chi connectivity index (χ3n) is 3.49. The third-order valence-corrected chi connectivity index (χ3v) is 3.49. The summed E-state index contributed by atoms with van der Waals surface area (Å²) in [5.41, 5.74) is 0.548. The summed E-state index contributed by atoms with van der Waals surface area (Å²) in [6.07, 6.45) is 3.78.